The Morgan fingerprint density at radius 3 is 2.78 bits per heavy atom. The minimum atomic E-state index is 0.702. The van der Waals surface area contributed by atoms with Crippen molar-refractivity contribution in [2.75, 3.05) is 13.1 Å². The minimum absolute atomic E-state index is 0.702. The van der Waals surface area contributed by atoms with E-state index in [9.17, 15) is 0 Å². The Bertz CT molecular complexity index is 465. The first kappa shape index (κ1) is 13.2. The van der Waals surface area contributed by atoms with Crippen molar-refractivity contribution < 1.29 is 0 Å². The second-order valence-electron chi connectivity index (χ2n) is 4.73. The molecule has 0 unspecified atom stereocenters. The maximum absolute atomic E-state index is 4.65. The summed E-state index contributed by atoms with van der Waals surface area (Å²) >= 11 is 1.70. The van der Waals surface area contributed by atoms with Crippen LogP contribution in [0.5, 0.6) is 0 Å². The molecular formula is C14H19N3S. The van der Waals surface area contributed by atoms with Crippen molar-refractivity contribution in [3.05, 3.63) is 35.6 Å². The van der Waals surface area contributed by atoms with E-state index < -0.39 is 0 Å². The molecule has 0 aromatic carbocycles. The van der Waals surface area contributed by atoms with Crippen molar-refractivity contribution in [2.24, 2.45) is 5.92 Å². The van der Waals surface area contributed by atoms with Gasteiger partial charge in [-0.3, -0.25) is 4.98 Å². The van der Waals surface area contributed by atoms with Gasteiger partial charge in [0.15, 0.2) is 0 Å². The molecule has 0 amide bonds. The monoisotopic (exact) mass is 261 g/mol. The van der Waals surface area contributed by atoms with E-state index in [1.807, 2.05) is 12.1 Å². The van der Waals surface area contributed by atoms with Crippen LogP contribution in [-0.2, 0) is 6.42 Å². The van der Waals surface area contributed by atoms with Gasteiger partial charge in [0.2, 0.25) is 0 Å². The first-order valence-electron chi connectivity index (χ1n) is 6.31. The molecule has 0 fully saturated rings. The lowest BCUT2D eigenvalue weighted by Gasteiger charge is -2.05. The van der Waals surface area contributed by atoms with Gasteiger partial charge in [0.1, 0.15) is 5.01 Å². The van der Waals surface area contributed by atoms with Crippen LogP contribution in [0.1, 0.15) is 19.5 Å². The van der Waals surface area contributed by atoms with Gasteiger partial charge in [-0.25, -0.2) is 4.98 Å². The van der Waals surface area contributed by atoms with Crippen molar-refractivity contribution in [1.82, 2.24) is 15.3 Å². The van der Waals surface area contributed by atoms with Crippen LogP contribution in [-0.4, -0.2) is 23.1 Å². The largest absolute Gasteiger partial charge is 0.316 e. The molecule has 0 radical (unpaired) electrons. The number of hydrogen-bond acceptors (Lipinski definition) is 4. The Morgan fingerprint density at radius 1 is 1.28 bits per heavy atom. The minimum Gasteiger partial charge on any atom is -0.316 e. The summed E-state index contributed by atoms with van der Waals surface area (Å²) < 4.78 is 0. The second kappa shape index (κ2) is 6.61. The Labute approximate surface area is 112 Å². The number of aromatic nitrogens is 2. The fourth-order valence-electron chi connectivity index (χ4n) is 1.66. The van der Waals surface area contributed by atoms with Gasteiger partial charge in [-0.2, -0.15) is 0 Å². The van der Waals surface area contributed by atoms with Gasteiger partial charge in [-0.15, -0.1) is 11.3 Å². The molecule has 2 heterocycles. The third-order valence-corrected chi connectivity index (χ3v) is 3.53. The Hall–Kier alpha value is -1.26. The highest BCUT2D eigenvalue weighted by Crippen LogP contribution is 2.22. The molecule has 0 aliphatic rings. The van der Waals surface area contributed by atoms with Crippen LogP contribution in [0.2, 0.25) is 0 Å². The molecule has 2 rings (SSSR count). The van der Waals surface area contributed by atoms with Gasteiger partial charge in [0.05, 0.1) is 5.69 Å². The van der Waals surface area contributed by atoms with Crippen molar-refractivity contribution in [1.29, 1.82) is 0 Å². The molecule has 0 spiro atoms. The van der Waals surface area contributed by atoms with Gasteiger partial charge in [0.25, 0.3) is 0 Å². The highest BCUT2D eigenvalue weighted by molar-refractivity contribution is 7.13. The summed E-state index contributed by atoms with van der Waals surface area (Å²) in [7, 11) is 0. The van der Waals surface area contributed by atoms with E-state index in [0.717, 1.165) is 30.1 Å². The van der Waals surface area contributed by atoms with E-state index in [2.05, 4.69) is 34.5 Å². The summed E-state index contributed by atoms with van der Waals surface area (Å²) in [5.74, 6) is 0.702. The lowest BCUT2D eigenvalue weighted by Crippen LogP contribution is -2.22. The van der Waals surface area contributed by atoms with Crippen molar-refractivity contribution in [3.8, 4) is 10.6 Å². The summed E-state index contributed by atoms with van der Waals surface area (Å²) in [6, 6.07) is 4.00. The van der Waals surface area contributed by atoms with Crippen molar-refractivity contribution in [2.45, 2.75) is 20.3 Å². The molecule has 2 aromatic heterocycles. The summed E-state index contributed by atoms with van der Waals surface area (Å²) in [5.41, 5.74) is 2.32. The zero-order valence-corrected chi connectivity index (χ0v) is 11.7. The van der Waals surface area contributed by atoms with E-state index in [-0.39, 0.29) is 0 Å². The Kier molecular flexibility index (Phi) is 4.84. The highest BCUT2D eigenvalue weighted by atomic mass is 32.1. The molecule has 96 valence electrons. The molecule has 0 saturated carbocycles. The first-order chi connectivity index (χ1) is 8.75. The number of pyridine rings is 1. The Morgan fingerprint density at radius 2 is 2.06 bits per heavy atom. The second-order valence-corrected chi connectivity index (χ2v) is 5.59. The summed E-state index contributed by atoms with van der Waals surface area (Å²) in [5, 5.41) is 6.66. The van der Waals surface area contributed by atoms with E-state index in [0.29, 0.717) is 5.92 Å². The third kappa shape index (κ3) is 3.89. The summed E-state index contributed by atoms with van der Waals surface area (Å²) in [4.78, 5) is 8.67. The SMILES string of the molecule is CC(C)CNCCc1csc(-c2ccncc2)n1. The molecule has 0 bridgehead atoms. The van der Waals surface area contributed by atoms with Crippen LogP contribution < -0.4 is 5.32 Å². The fraction of sp³-hybridized carbons (Fsp3) is 0.429. The molecule has 18 heavy (non-hydrogen) atoms. The normalized spacial score (nSPS) is 11.1. The van der Waals surface area contributed by atoms with E-state index in [1.165, 1.54) is 5.69 Å². The molecule has 0 atom stereocenters. The number of thiazole rings is 1. The zero-order valence-electron chi connectivity index (χ0n) is 10.9. The van der Waals surface area contributed by atoms with Crippen LogP contribution in [0.15, 0.2) is 29.9 Å². The number of nitrogens with zero attached hydrogens (tertiary/aromatic N) is 2. The van der Waals surface area contributed by atoms with Crippen LogP contribution in [0.25, 0.3) is 10.6 Å². The number of nitrogens with one attached hydrogen (secondary N) is 1. The molecule has 0 aliphatic carbocycles. The summed E-state index contributed by atoms with van der Waals surface area (Å²) in [6.07, 6.45) is 4.61. The van der Waals surface area contributed by atoms with Crippen LogP contribution in [0, 0.1) is 5.92 Å². The van der Waals surface area contributed by atoms with Gasteiger partial charge < -0.3 is 5.32 Å². The fourth-order valence-corrected chi connectivity index (χ4v) is 2.52. The van der Waals surface area contributed by atoms with E-state index in [1.54, 1.807) is 23.7 Å². The highest BCUT2D eigenvalue weighted by Gasteiger charge is 2.04. The van der Waals surface area contributed by atoms with Gasteiger partial charge in [-0.1, -0.05) is 13.8 Å². The third-order valence-electron chi connectivity index (χ3n) is 2.59. The standard InChI is InChI=1S/C14H19N3S/c1-11(2)9-16-8-5-13-10-18-14(17-13)12-3-6-15-7-4-12/h3-4,6-7,10-11,16H,5,8-9H2,1-2H3. The maximum Gasteiger partial charge on any atom is 0.123 e. The number of rotatable bonds is 6. The molecule has 3 nitrogen and oxygen atoms in total. The lowest BCUT2D eigenvalue weighted by molar-refractivity contribution is 0.553. The molecule has 0 saturated heterocycles. The van der Waals surface area contributed by atoms with Crippen molar-refractivity contribution in [3.63, 3.8) is 0 Å². The predicted octanol–water partition coefficient (Wildman–Crippen LogP) is 2.99. The molecular weight excluding hydrogens is 242 g/mol. The maximum atomic E-state index is 4.65. The first-order valence-corrected chi connectivity index (χ1v) is 7.19. The molecule has 2 aromatic rings. The smallest absolute Gasteiger partial charge is 0.123 e. The van der Waals surface area contributed by atoms with Crippen molar-refractivity contribution >= 4 is 11.3 Å². The summed E-state index contributed by atoms with van der Waals surface area (Å²) in [6.45, 7) is 6.51. The van der Waals surface area contributed by atoms with Crippen LogP contribution in [0.3, 0.4) is 0 Å². The topological polar surface area (TPSA) is 37.8 Å². The lowest BCUT2D eigenvalue weighted by atomic mass is 10.2. The van der Waals surface area contributed by atoms with Gasteiger partial charge >= 0.3 is 0 Å². The zero-order chi connectivity index (χ0) is 12.8. The van der Waals surface area contributed by atoms with Gasteiger partial charge in [0, 0.05) is 36.3 Å². The van der Waals surface area contributed by atoms with Gasteiger partial charge in [-0.05, 0) is 24.6 Å². The van der Waals surface area contributed by atoms with E-state index >= 15 is 0 Å². The van der Waals surface area contributed by atoms with Crippen LogP contribution in [0.4, 0.5) is 0 Å². The average molecular weight is 261 g/mol. The molecule has 1 N–H and O–H groups in total. The number of hydrogen-bond donors (Lipinski definition) is 1. The molecule has 4 heteroatoms. The average Bonchev–Trinajstić information content (AvgIpc) is 2.84. The Balaban J connectivity index is 1.87. The van der Waals surface area contributed by atoms with Crippen LogP contribution >= 0.6 is 11.3 Å². The molecule has 0 aliphatic heterocycles. The predicted molar refractivity (Wildman–Crippen MR) is 76.8 cm³/mol. The van der Waals surface area contributed by atoms with E-state index in [4.69, 9.17) is 0 Å². The quantitative estimate of drug-likeness (QED) is 0.812.